The number of benzene rings is 1. The maximum Gasteiger partial charge on any atom is 0.331 e. The molecule has 1 aliphatic carbocycles. The summed E-state index contributed by atoms with van der Waals surface area (Å²) in [4.78, 5) is 13.5. The molecule has 2 aromatic heterocycles. The number of carboxylic acid groups (broad SMARTS) is 1. The molecule has 3 aromatic rings. The first-order valence-corrected chi connectivity index (χ1v) is 11.3. The topological polar surface area (TPSA) is 83.6 Å². The highest BCUT2D eigenvalue weighted by atomic mass is 16.4. The van der Waals surface area contributed by atoms with Crippen molar-refractivity contribution in [3.05, 3.63) is 63.8 Å². The summed E-state index contributed by atoms with van der Waals surface area (Å²) < 4.78 is 1.81. The molecular formula is C26H31N5O2. The molecule has 0 spiro atoms. The SMILES string of the molecule is CCN(C)c1ccc(/C=c2/c(C(C)(C)C)nn3c(C4=CC=C(C(=O)O)CC4)nnc23)c(C)c1. The zero-order chi connectivity index (χ0) is 23.9. The first kappa shape index (κ1) is 22.7. The maximum absolute atomic E-state index is 11.2. The molecule has 1 aliphatic rings. The van der Waals surface area contributed by atoms with E-state index in [1.54, 1.807) is 6.08 Å². The predicted molar refractivity (Wildman–Crippen MR) is 131 cm³/mol. The minimum absolute atomic E-state index is 0.183. The van der Waals surface area contributed by atoms with Crippen LogP contribution in [0.25, 0.3) is 17.3 Å². The highest BCUT2D eigenvalue weighted by molar-refractivity contribution is 5.88. The van der Waals surface area contributed by atoms with Crippen molar-refractivity contribution in [1.82, 2.24) is 19.8 Å². The van der Waals surface area contributed by atoms with Crippen molar-refractivity contribution in [3.63, 3.8) is 0 Å². The van der Waals surface area contributed by atoms with Crippen LogP contribution in [0, 0.1) is 6.92 Å². The lowest BCUT2D eigenvalue weighted by Gasteiger charge is -2.18. The van der Waals surface area contributed by atoms with E-state index in [9.17, 15) is 9.90 Å². The van der Waals surface area contributed by atoms with Crippen molar-refractivity contribution in [2.75, 3.05) is 18.5 Å². The number of hydrogen-bond acceptors (Lipinski definition) is 5. The van der Waals surface area contributed by atoms with E-state index in [0.717, 1.165) is 34.2 Å². The van der Waals surface area contributed by atoms with Gasteiger partial charge in [0.05, 0.1) is 5.69 Å². The second-order valence-electron chi connectivity index (χ2n) is 9.66. The van der Waals surface area contributed by atoms with Crippen molar-refractivity contribution in [2.45, 2.75) is 52.9 Å². The van der Waals surface area contributed by atoms with Crippen LogP contribution in [0.1, 0.15) is 63.2 Å². The van der Waals surface area contributed by atoms with E-state index in [1.165, 1.54) is 11.3 Å². The van der Waals surface area contributed by atoms with E-state index in [0.29, 0.717) is 24.2 Å². The fourth-order valence-electron chi connectivity index (χ4n) is 4.09. The summed E-state index contributed by atoms with van der Waals surface area (Å²) in [6.07, 6.45) is 6.71. The standard InChI is InChI=1S/C26H31N5O2/c1-7-30(6)20-13-12-19(16(2)14-20)15-21-22(26(3,4)5)29-31-23(27-28-24(21)31)17-8-10-18(11-9-17)25(32)33/h8,10,12-15H,7,9,11H2,1-6H3,(H,32,33)/b21-15-. The normalized spacial score (nSPS) is 15.0. The maximum atomic E-state index is 11.2. The Kier molecular flexibility index (Phi) is 5.82. The van der Waals surface area contributed by atoms with E-state index >= 15 is 0 Å². The van der Waals surface area contributed by atoms with Crippen molar-refractivity contribution < 1.29 is 9.90 Å². The quantitative estimate of drug-likeness (QED) is 0.641. The Balaban J connectivity index is 1.87. The van der Waals surface area contributed by atoms with Crippen LogP contribution in [-0.2, 0) is 10.2 Å². The fourth-order valence-corrected chi connectivity index (χ4v) is 4.09. The molecule has 1 N–H and O–H groups in total. The Morgan fingerprint density at radius 1 is 1.21 bits per heavy atom. The third-order valence-corrected chi connectivity index (χ3v) is 6.23. The van der Waals surface area contributed by atoms with Crippen molar-refractivity contribution >= 4 is 29.0 Å². The van der Waals surface area contributed by atoms with Crippen LogP contribution in [0.5, 0.6) is 0 Å². The summed E-state index contributed by atoms with van der Waals surface area (Å²) in [5.41, 5.74) is 6.35. The van der Waals surface area contributed by atoms with Gasteiger partial charge in [-0.1, -0.05) is 39.0 Å². The molecule has 0 saturated heterocycles. The average molecular weight is 446 g/mol. The highest BCUT2D eigenvalue weighted by Gasteiger charge is 2.25. The van der Waals surface area contributed by atoms with Crippen LogP contribution in [0.3, 0.4) is 0 Å². The lowest BCUT2D eigenvalue weighted by Crippen LogP contribution is -2.22. The van der Waals surface area contributed by atoms with E-state index in [2.05, 4.69) is 81.0 Å². The molecule has 0 aliphatic heterocycles. The number of hydrogen-bond donors (Lipinski definition) is 1. The smallest absolute Gasteiger partial charge is 0.331 e. The van der Waals surface area contributed by atoms with Gasteiger partial charge in [-0.15, -0.1) is 10.2 Å². The van der Waals surface area contributed by atoms with Gasteiger partial charge in [0, 0.05) is 35.5 Å². The molecule has 2 heterocycles. The number of nitrogens with zero attached hydrogens (tertiary/aromatic N) is 5. The van der Waals surface area contributed by atoms with Crippen LogP contribution in [-0.4, -0.2) is 44.5 Å². The number of aryl methyl sites for hydroxylation is 1. The first-order chi connectivity index (χ1) is 15.6. The number of carbonyl (C=O) groups is 1. The first-order valence-electron chi connectivity index (χ1n) is 11.3. The van der Waals surface area contributed by atoms with Crippen LogP contribution in [0.2, 0.25) is 0 Å². The molecule has 1 aromatic carbocycles. The summed E-state index contributed by atoms with van der Waals surface area (Å²) in [5.74, 6) is -0.200. The molecule has 4 rings (SSSR count). The summed E-state index contributed by atoms with van der Waals surface area (Å²) >= 11 is 0. The molecule has 0 radical (unpaired) electrons. The molecule has 0 atom stereocenters. The minimum atomic E-state index is -0.874. The van der Waals surface area contributed by atoms with Crippen LogP contribution < -0.4 is 10.1 Å². The molecule has 33 heavy (non-hydrogen) atoms. The number of allylic oxidation sites excluding steroid dienone is 3. The molecule has 172 valence electrons. The van der Waals surface area contributed by atoms with E-state index in [4.69, 9.17) is 5.10 Å². The molecule has 0 amide bonds. The van der Waals surface area contributed by atoms with Crippen molar-refractivity contribution in [3.8, 4) is 0 Å². The monoisotopic (exact) mass is 445 g/mol. The van der Waals surface area contributed by atoms with Gasteiger partial charge in [-0.2, -0.15) is 9.61 Å². The van der Waals surface area contributed by atoms with Gasteiger partial charge in [-0.25, -0.2) is 4.79 Å². The Labute approximate surface area is 194 Å². The Hall–Kier alpha value is -3.48. The van der Waals surface area contributed by atoms with E-state index in [-0.39, 0.29) is 5.41 Å². The number of anilines is 1. The van der Waals surface area contributed by atoms with Crippen molar-refractivity contribution in [2.24, 2.45) is 0 Å². The van der Waals surface area contributed by atoms with Crippen molar-refractivity contribution in [1.29, 1.82) is 0 Å². The molecule has 7 nitrogen and oxygen atoms in total. The number of carboxylic acids is 1. The second-order valence-corrected chi connectivity index (χ2v) is 9.66. The van der Waals surface area contributed by atoms with Gasteiger partial charge in [-0.05, 0) is 61.6 Å². The van der Waals surface area contributed by atoms with Gasteiger partial charge in [0.2, 0.25) is 0 Å². The molecule has 0 bridgehead atoms. The Bertz CT molecular complexity index is 1340. The van der Waals surface area contributed by atoms with Gasteiger partial charge < -0.3 is 10.0 Å². The van der Waals surface area contributed by atoms with Crippen LogP contribution >= 0.6 is 0 Å². The number of aliphatic carboxylic acids is 1. The highest BCUT2D eigenvalue weighted by Crippen LogP contribution is 2.27. The Morgan fingerprint density at radius 2 is 1.97 bits per heavy atom. The molecule has 0 unspecified atom stereocenters. The molecule has 0 saturated carbocycles. The summed E-state index contributed by atoms with van der Waals surface area (Å²) in [6, 6.07) is 6.49. The van der Waals surface area contributed by atoms with Gasteiger partial charge >= 0.3 is 5.97 Å². The lowest BCUT2D eigenvalue weighted by molar-refractivity contribution is -0.132. The largest absolute Gasteiger partial charge is 0.478 e. The zero-order valence-electron chi connectivity index (χ0n) is 20.2. The summed E-state index contributed by atoms with van der Waals surface area (Å²) in [6.45, 7) is 11.6. The van der Waals surface area contributed by atoms with Gasteiger partial charge in [-0.3, -0.25) is 0 Å². The third-order valence-electron chi connectivity index (χ3n) is 6.23. The van der Waals surface area contributed by atoms with Gasteiger partial charge in [0.1, 0.15) is 0 Å². The average Bonchev–Trinajstić information content (AvgIpc) is 3.34. The summed E-state index contributed by atoms with van der Waals surface area (Å²) in [7, 11) is 2.09. The minimum Gasteiger partial charge on any atom is -0.478 e. The molecular weight excluding hydrogens is 414 g/mol. The second kappa shape index (κ2) is 8.46. The summed E-state index contributed by atoms with van der Waals surface area (Å²) in [5, 5.41) is 24.1. The molecule has 0 fully saturated rings. The van der Waals surface area contributed by atoms with Gasteiger partial charge in [0.15, 0.2) is 11.5 Å². The number of fused-ring (bicyclic) bond motifs is 1. The predicted octanol–water partition coefficient (Wildman–Crippen LogP) is 3.92. The van der Waals surface area contributed by atoms with E-state index < -0.39 is 5.97 Å². The number of aromatic nitrogens is 4. The van der Waals surface area contributed by atoms with Crippen LogP contribution in [0.4, 0.5) is 5.69 Å². The zero-order valence-corrected chi connectivity index (χ0v) is 20.2. The third kappa shape index (κ3) is 4.27. The van der Waals surface area contributed by atoms with Crippen LogP contribution in [0.15, 0.2) is 35.9 Å². The van der Waals surface area contributed by atoms with E-state index in [1.807, 2.05) is 10.6 Å². The Morgan fingerprint density at radius 3 is 2.55 bits per heavy atom. The van der Waals surface area contributed by atoms with Gasteiger partial charge in [0.25, 0.3) is 0 Å². The fraction of sp³-hybridized carbons (Fsp3) is 0.385. The number of rotatable bonds is 5. The lowest BCUT2D eigenvalue weighted by atomic mass is 9.90. The molecule has 7 heteroatoms.